The number of rotatable bonds is 4. The molecule has 1 unspecified atom stereocenters. The molecule has 0 saturated heterocycles. The highest BCUT2D eigenvalue weighted by Gasteiger charge is 2.11. The molecular formula is C14H21NO. The molecule has 0 bridgehead atoms. The predicted molar refractivity (Wildman–Crippen MR) is 70.7 cm³/mol. The number of hydrogen-bond donors (Lipinski definition) is 2. The lowest BCUT2D eigenvalue weighted by Gasteiger charge is -2.20. The van der Waals surface area contributed by atoms with Gasteiger partial charge in [-0.15, -0.1) is 0 Å². The van der Waals surface area contributed by atoms with Gasteiger partial charge in [0.25, 0.3) is 0 Å². The summed E-state index contributed by atoms with van der Waals surface area (Å²) in [6, 6.07) is 6.03. The molecule has 0 heterocycles. The zero-order chi connectivity index (χ0) is 12.1. The molecule has 0 amide bonds. The van der Waals surface area contributed by atoms with Crippen LogP contribution in [-0.2, 0) is 0 Å². The lowest BCUT2D eigenvalue weighted by atomic mass is 10.1. The van der Waals surface area contributed by atoms with E-state index in [9.17, 15) is 5.11 Å². The molecule has 2 atom stereocenters. The zero-order valence-electron chi connectivity index (χ0n) is 10.3. The Hall–Kier alpha value is -1.28. The summed E-state index contributed by atoms with van der Waals surface area (Å²) in [6.45, 7) is 9.96. The lowest BCUT2D eigenvalue weighted by molar-refractivity contribution is 0.154. The largest absolute Gasteiger partial charge is 0.391 e. The molecule has 0 spiro atoms. The van der Waals surface area contributed by atoms with Crippen LogP contribution < -0.4 is 15.8 Å². The Morgan fingerprint density at radius 1 is 1.50 bits per heavy atom. The second kappa shape index (κ2) is 5.71. The summed E-state index contributed by atoms with van der Waals surface area (Å²) in [5, 5.41) is 15.2. The summed E-state index contributed by atoms with van der Waals surface area (Å²) >= 11 is 0. The fourth-order valence-electron chi connectivity index (χ4n) is 1.77. The SMILES string of the molecule is C=c1cccc(NC(C)[C@@H](O)CC)/c1=C/C. The van der Waals surface area contributed by atoms with E-state index < -0.39 is 0 Å². The van der Waals surface area contributed by atoms with Gasteiger partial charge in [-0.2, -0.15) is 0 Å². The maximum absolute atomic E-state index is 9.73. The average molecular weight is 219 g/mol. The van der Waals surface area contributed by atoms with E-state index in [1.165, 1.54) is 0 Å². The first-order valence-electron chi connectivity index (χ1n) is 5.79. The van der Waals surface area contributed by atoms with E-state index in [1.54, 1.807) is 0 Å². The molecule has 0 aliphatic carbocycles. The molecule has 0 saturated carbocycles. The molecule has 0 aromatic heterocycles. The van der Waals surface area contributed by atoms with Crippen molar-refractivity contribution in [3.8, 4) is 0 Å². The van der Waals surface area contributed by atoms with E-state index in [4.69, 9.17) is 0 Å². The van der Waals surface area contributed by atoms with Crippen molar-refractivity contribution >= 4 is 18.3 Å². The van der Waals surface area contributed by atoms with Crippen LogP contribution in [0.2, 0.25) is 0 Å². The maximum atomic E-state index is 9.73. The number of nitrogens with one attached hydrogen (secondary N) is 1. The summed E-state index contributed by atoms with van der Waals surface area (Å²) in [6.07, 6.45) is 2.47. The second-order valence-electron chi connectivity index (χ2n) is 4.08. The normalized spacial score (nSPS) is 15.9. The summed E-state index contributed by atoms with van der Waals surface area (Å²) in [7, 11) is 0. The standard InChI is InChI=1S/C14H21NO/c1-5-12-10(3)8-7-9-13(12)15-11(4)14(16)6-2/h5,7-9,11,14-16H,3,6H2,1-2,4H3/b12-5+/t11?,14-/m0/s1. The van der Waals surface area contributed by atoms with Crippen LogP contribution in [-0.4, -0.2) is 17.3 Å². The van der Waals surface area contributed by atoms with Gasteiger partial charge in [0.05, 0.1) is 6.10 Å². The molecule has 0 fully saturated rings. The van der Waals surface area contributed by atoms with E-state index in [0.717, 1.165) is 22.5 Å². The van der Waals surface area contributed by atoms with Crippen molar-refractivity contribution in [2.75, 3.05) is 5.32 Å². The summed E-state index contributed by atoms with van der Waals surface area (Å²) in [5.74, 6) is 0. The van der Waals surface area contributed by atoms with Gasteiger partial charge in [0.15, 0.2) is 0 Å². The Balaban J connectivity index is 2.99. The van der Waals surface area contributed by atoms with Crippen LogP contribution >= 0.6 is 0 Å². The van der Waals surface area contributed by atoms with Gasteiger partial charge in [-0.3, -0.25) is 0 Å². The smallest absolute Gasteiger partial charge is 0.0735 e. The monoisotopic (exact) mass is 219 g/mol. The maximum Gasteiger partial charge on any atom is 0.0735 e. The number of aliphatic hydroxyl groups excluding tert-OH is 1. The summed E-state index contributed by atoms with van der Waals surface area (Å²) in [4.78, 5) is 0. The second-order valence-corrected chi connectivity index (χ2v) is 4.08. The van der Waals surface area contributed by atoms with Gasteiger partial charge in [0.2, 0.25) is 0 Å². The molecule has 1 rings (SSSR count). The Kier molecular flexibility index (Phi) is 4.56. The highest BCUT2D eigenvalue weighted by Crippen LogP contribution is 2.05. The minimum atomic E-state index is -0.321. The fraction of sp³-hybridized carbons (Fsp3) is 0.429. The molecule has 2 nitrogen and oxygen atoms in total. The van der Waals surface area contributed by atoms with Gasteiger partial charge in [-0.05, 0) is 36.8 Å². The Morgan fingerprint density at radius 2 is 2.19 bits per heavy atom. The number of anilines is 1. The third-order valence-electron chi connectivity index (χ3n) is 2.86. The van der Waals surface area contributed by atoms with Crippen LogP contribution in [0.3, 0.4) is 0 Å². The van der Waals surface area contributed by atoms with Crippen molar-refractivity contribution in [3.63, 3.8) is 0 Å². The van der Waals surface area contributed by atoms with Crippen molar-refractivity contribution < 1.29 is 5.11 Å². The van der Waals surface area contributed by atoms with E-state index in [-0.39, 0.29) is 12.1 Å². The van der Waals surface area contributed by atoms with Crippen molar-refractivity contribution in [3.05, 3.63) is 28.6 Å². The fourth-order valence-corrected chi connectivity index (χ4v) is 1.77. The molecule has 16 heavy (non-hydrogen) atoms. The van der Waals surface area contributed by atoms with E-state index in [2.05, 4.69) is 11.9 Å². The molecule has 1 aromatic carbocycles. The van der Waals surface area contributed by atoms with Gasteiger partial charge in [0.1, 0.15) is 0 Å². The van der Waals surface area contributed by atoms with Crippen LogP contribution in [0.25, 0.3) is 12.7 Å². The van der Waals surface area contributed by atoms with Gasteiger partial charge in [-0.25, -0.2) is 0 Å². The predicted octanol–water partition coefficient (Wildman–Crippen LogP) is 1.47. The van der Waals surface area contributed by atoms with Crippen molar-refractivity contribution in [1.82, 2.24) is 0 Å². The molecule has 0 aliphatic rings. The molecule has 0 radical (unpaired) electrons. The first kappa shape index (κ1) is 12.8. The van der Waals surface area contributed by atoms with E-state index in [0.29, 0.717) is 0 Å². The van der Waals surface area contributed by atoms with Gasteiger partial charge >= 0.3 is 0 Å². The molecule has 2 N–H and O–H groups in total. The third kappa shape index (κ3) is 2.86. The summed E-state index contributed by atoms with van der Waals surface area (Å²) in [5.41, 5.74) is 1.04. The van der Waals surface area contributed by atoms with Crippen LogP contribution in [0, 0.1) is 0 Å². The average Bonchev–Trinajstić information content (AvgIpc) is 2.28. The van der Waals surface area contributed by atoms with Crippen molar-refractivity contribution in [2.45, 2.75) is 39.3 Å². The molecule has 0 aliphatic heterocycles. The van der Waals surface area contributed by atoms with E-state index >= 15 is 0 Å². The topological polar surface area (TPSA) is 32.3 Å². The van der Waals surface area contributed by atoms with Gasteiger partial charge < -0.3 is 10.4 Å². The quantitative estimate of drug-likeness (QED) is 0.803. The van der Waals surface area contributed by atoms with Crippen molar-refractivity contribution in [2.24, 2.45) is 0 Å². The first-order chi connectivity index (χ1) is 7.60. The van der Waals surface area contributed by atoms with Crippen molar-refractivity contribution in [1.29, 1.82) is 0 Å². The zero-order valence-corrected chi connectivity index (χ0v) is 10.3. The molecule has 1 aromatic rings. The molecule has 2 heteroatoms. The van der Waals surface area contributed by atoms with Crippen LogP contribution in [0.5, 0.6) is 0 Å². The van der Waals surface area contributed by atoms with Crippen LogP contribution in [0.1, 0.15) is 27.2 Å². The lowest BCUT2D eigenvalue weighted by Crippen LogP contribution is -2.35. The van der Waals surface area contributed by atoms with Crippen LogP contribution in [0.15, 0.2) is 18.2 Å². The third-order valence-corrected chi connectivity index (χ3v) is 2.86. The first-order valence-corrected chi connectivity index (χ1v) is 5.79. The van der Waals surface area contributed by atoms with Gasteiger partial charge in [0, 0.05) is 11.7 Å². The minimum absolute atomic E-state index is 0.0468. The highest BCUT2D eigenvalue weighted by atomic mass is 16.3. The Bertz CT molecular complexity index is 439. The number of benzene rings is 1. The van der Waals surface area contributed by atoms with E-state index in [1.807, 2.05) is 45.0 Å². The van der Waals surface area contributed by atoms with Gasteiger partial charge in [-0.1, -0.05) is 31.7 Å². The Labute approximate surface area is 97.3 Å². The highest BCUT2D eigenvalue weighted by molar-refractivity contribution is 5.50. The number of hydrogen-bond acceptors (Lipinski definition) is 2. The Morgan fingerprint density at radius 3 is 2.75 bits per heavy atom. The minimum Gasteiger partial charge on any atom is -0.391 e. The molecular weight excluding hydrogens is 198 g/mol. The summed E-state index contributed by atoms with van der Waals surface area (Å²) < 4.78 is 0. The van der Waals surface area contributed by atoms with Crippen LogP contribution in [0.4, 0.5) is 5.69 Å². The molecule has 88 valence electrons. The number of aliphatic hydroxyl groups is 1.